The second-order valence-electron chi connectivity index (χ2n) is 5.15. The third-order valence-electron chi connectivity index (χ3n) is 3.61. The van der Waals surface area contributed by atoms with Crippen LogP contribution in [0.5, 0.6) is 17.2 Å². The van der Waals surface area contributed by atoms with Gasteiger partial charge in [0.1, 0.15) is 0 Å². The number of methoxy groups -OCH3 is 4. The minimum Gasteiger partial charge on any atom is -0.494 e. The van der Waals surface area contributed by atoms with Gasteiger partial charge in [-0.25, -0.2) is 17.6 Å². The van der Waals surface area contributed by atoms with E-state index in [1.807, 2.05) is 0 Å². The molecular weight excluding hydrogens is 381 g/mol. The zero-order chi connectivity index (χ0) is 20.2. The molecule has 8 nitrogen and oxygen atoms in total. The number of rotatable bonds is 7. The van der Waals surface area contributed by atoms with Crippen LogP contribution in [0.1, 0.15) is 10.4 Å². The highest BCUT2D eigenvalue weighted by Crippen LogP contribution is 2.35. The summed E-state index contributed by atoms with van der Waals surface area (Å²) in [5.41, 5.74) is -0.219. The summed E-state index contributed by atoms with van der Waals surface area (Å²) >= 11 is 0. The van der Waals surface area contributed by atoms with Crippen molar-refractivity contribution in [1.29, 1.82) is 0 Å². The molecular formula is C17H18FNO7S. The summed E-state index contributed by atoms with van der Waals surface area (Å²) in [5.74, 6) is -1.36. The van der Waals surface area contributed by atoms with E-state index in [2.05, 4.69) is 9.46 Å². The maximum absolute atomic E-state index is 13.9. The number of benzene rings is 2. The molecule has 2 aromatic carbocycles. The molecule has 0 aliphatic carbocycles. The van der Waals surface area contributed by atoms with Crippen molar-refractivity contribution in [1.82, 2.24) is 0 Å². The number of carbonyl (C=O) groups excluding carboxylic acids is 1. The van der Waals surface area contributed by atoms with Crippen molar-refractivity contribution >= 4 is 21.7 Å². The molecule has 146 valence electrons. The number of esters is 1. The first-order valence-electron chi connectivity index (χ1n) is 7.48. The molecule has 2 rings (SSSR count). The molecule has 0 spiro atoms. The molecule has 0 aromatic heterocycles. The first-order valence-corrected chi connectivity index (χ1v) is 8.96. The Morgan fingerprint density at radius 1 is 0.926 bits per heavy atom. The van der Waals surface area contributed by atoms with Gasteiger partial charge in [-0.1, -0.05) is 0 Å². The molecule has 0 aliphatic heterocycles. The van der Waals surface area contributed by atoms with Gasteiger partial charge in [-0.2, -0.15) is 0 Å². The summed E-state index contributed by atoms with van der Waals surface area (Å²) < 4.78 is 61.0. The lowest BCUT2D eigenvalue weighted by atomic mass is 10.1. The molecule has 0 amide bonds. The Balaban J connectivity index is 2.53. The van der Waals surface area contributed by atoms with Crippen molar-refractivity contribution in [3.63, 3.8) is 0 Å². The van der Waals surface area contributed by atoms with Gasteiger partial charge in [-0.15, -0.1) is 0 Å². The van der Waals surface area contributed by atoms with Crippen LogP contribution in [-0.4, -0.2) is 42.8 Å². The summed E-state index contributed by atoms with van der Waals surface area (Å²) in [6.45, 7) is 0. The minimum absolute atomic E-state index is 0.102. The summed E-state index contributed by atoms with van der Waals surface area (Å²) in [6.07, 6.45) is 0. The first-order chi connectivity index (χ1) is 12.8. The van der Waals surface area contributed by atoms with Crippen molar-refractivity contribution in [3.05, 3.63) is 41.7 Å². The number of nitrogens with one attached hydrogen (secondary N) is 1. The lowest BCUT2D eigenvalue weighted by Gasteiger charge is -2.15. The molecule has 0 saturated carbocycles. The number of hydrogen-bond acceptors (Lipinski definition) is 7. The lowest BCUT2D eigenvalue weighted by molar-refractivity contribution is 0.0601. The minimum atomic E-state index is -4.22. The average Bonchev–Trinajstić information content (AvgIpc) is 2.66. The summed E-state index contributed by atoms with van der Waals surface area (Å²) in [4.78, 5) is 11.7. The predicted molar refractivity (Wildman–Crippen MR) is 94.6 cm³/mol. The maximum Gasteiger partial charge on any atom is 0.340 e. The summed E-state index contributed by atoms with van der Waals surface area (Å²) in [6, 6.07) is 5.70. The monoisotopic (exact) mass is 399 g/mol. The van der Waals surface area contributed by atoms with Crippen molar-refractivity contribution in [3.8, 4) is 17.2 Å². The molecule has 0 aliphatic rings. The van der Waals surface area contributed by atoms with E-state index in [9.17, 15) is 17.6 Å². The quantitative estimate of drug-likeness (QED) is 0.714. The van der Waals surface area contributed by atoms with Crippen molar-refractivity contribution in [2.45, 2.75) is 4.90 Å². The van der Waals surface area contributed by atoms with E-state index in [0.29, 0.717) is 0 Å². The van der Waals surface area contributed by atoms with E-state index in [-0.39, 0.29) is 33.4 Å². The summed E-state index contributed by atoms with van der Waals surface area (Å²) in [7, 11) is 0.909. The van der Waals surface area contributed by atoms with Crippen LogP contribution in [-0.2, 0) is 14.8 Å². The smallest absolute Gasteiger partial charge is 0.340 e. The third kappa shape index (κ3) is 4.22. The van der Waals surface area contributed by atoms with Crippen LogP contribution in [0, 0.1) is 5.82 Å². The van der Waals surface area contributed by atoms with Crippen LogP contribution in [0.15, 0.2) is 35.2 Å². The van der Waals surface area contributed by atoms with E-state index in [0.717, 1.165) is 13.2 Å². The van der Waals surface area contributed by atoms with Crippen LogP contribution in [0.2, 0.25) is 0 Å². The molecule has 2 aromatic rings. The van der Waals surface area contributed by atoms with Crippen molar-refractivity contribution in [2.24, 2.45) is 0 Å². The van der Waals surface area contributed by atoms with Crippen LogP contribution < -0.4 is 18.9 Å². The predicted octanol–water partition coefficient (Wildman–Crippen LogP) is 2.44. The molecule has 10 heteroatoms. The summed E-state index contributed by atoms with van der Waals surface area (Å²) in [5, 5.41) is 0. The Morgan fingerprint density at radius 3 is 2.04 bits per heavy atom. The Morgan fingerprint density at radius 2 is 1.52 bits per heavy atom. The van der Waals surface area contributed by atoms with Gasteiger partial charge in [0.25, 0.3) is 10.0 Å². The number of halogens is 1. The normalized spacial score (nSPS) is 10.9. The molecule has 1 N–H and O–H groups in total. The van der Waals surface area contributed by atoms with Crippen LogP contribution in [0.3, 0.4) is 0 Å². The largest absolute Gasteiger partial charge is 0.494 e. The Hall–Kier alpha value is -3.01. The Labute approximate surface area is 155 Å². The van der Waals surface area contributed by atoms with Gasteiger partial charge in [0.05, 0.1) is 44.6 Å². The van der Waals surface area contributed by atoms with Gasteiger partial charge in [-0.3, -0.25) is 4.72 Å². The first kappa shape index (κ1) is 20.3. The fourth-order valence-corrected chi connectivity index (χ4v) is 3.34. The zero-order valence-corrected chi connectivity index (χ0v) is 15.8. The third-order valence-corrected chi connectivity index (χ3v) is 4.97. The van der Waals surface area contributed by atoms with Gasteiger partial charge in [0.2, 0.25) is 0 Å². The van der Waals surface area contributed by atoms with Gasteiger partial charge < -0.3 is 18.9 Å². The molecule has 0 bridgehead atoms. The molecule has 0 heterocycles. The molecule has 0 unspecified atom stereocenters. The van der Waals surface area contributed by atoms with Crippen LogP contribution in [0.25, 0.3) is 0 Å². The molecule has 0 radical (unpaired) electrons. The number of anilines is 1. The van der Waals surface area contributed by atoms with Gasteiger partial charge in [-0.05, 0) is 18.2 Å². The van der Waals surface area contributed by atoms with Crippen LogP contribution >= 0.6 is 0 Å². The number of hydrogen-bond donors (Lipinski definition) is 1. The van der Waals surface area contributed by atoms with Crippen LogP contribution in [0.4, 0.5) is 10.1 Å². The van der Waals surface area contributed by atoms with Gasteiger partial charge in [0, 0.05) is 12.1 Å². The number of sulfonamides is 1. The van der Waals surface area contributed by atoms with Gasteiger partial charge >= 0.3 is 5.97 Å². The highest BCUT2D eigenvalue weighted by atomic mass is 32.2. The van der Waals surface area contributed by atoms with Crippen molar-refractivity contribution in [2.75, 3.05) is 33.2 Å². The van der Waals surface area contributed by atoms with Crippen molar-refractivity contribution < 1.29 is 36.6 Å². The second-order valence-corrected chi connectivity index (χ2v) is 6.83. The maximum atomic E-state index is 13.9. The second kappa shape index (κ2) is 8.12. The van der Waals surface area contributed by atoms with E-state index < -0.39 is 21.8 Å². The Bertz CT molecular complexity index is 960. The zero-order valence-electron chi connectivity index (χ0n) is 15.0. The molecule has 0 fully saturated rings. The molecule has 0 atom stereocenters. The fraction of sp³-hybridized carbons (Fsp3) is 0.235. The standard InChI is InChI=1S/C17H18FNO7S/c1-23-14-6-5-10(7-12(14)18)27(21,22)19-13-9-16(25-3)15(24-2)8-11(13)17(20)26-4/h5-9,19H,1-4H3. The Kier molecular flexibility index (Phi) is 6.11. The SMILES string of the molecule is COC(=O)c1cc(OC)c(OC)cc1NS(=O)(=O)c1ccc(OC)c(F)c1. The number of carbonyl (C=O) groups is 1. The van der Waals surface area contributed by atoms with E-state index in [1.165, 1.54) is 45.6 Å². The van der Waals surface area contributed by atoms with Gasteiger partial charge in [0.15, 0.2) is 23.1 Å². The topological polar surface area (TPSA) is 100 Å². The molecule has 27 heavy (non-hydrogen) atoms. The highest BCUT2D eigenvalue weighted by molar-refractivity contribution is 7.92. The lowest BCUT2D eigenvalue weighted by Crippen LogP contribution is -2.17. The fourth-order valence-electron chi connectivity index (χ4n) is 2.26. The highest BCUT2D eigenvalue weighted by Gasteiger charge is 2.23. The average molecular weight is 399 g/mol. The van der Waals surface area contributed by atoms with E-state index in [1.54, 1.807) is 0 Å². The molecule has 0 saturated heterocycles. The van der Waals surface area contributed by atoms with E-state index in [4.69, 9.17) is 14.2 Å². The number of ether oxygens (including phenoxy) is 4. The van der Waals surface area contributed by atoms with E-state index >= 15 is 0 Å².